The zero-order valence-corrected chi connectivity index (χ0v) is 5.97. The Balaban J connectivity index is 1.97. The van der Waals surface area contributed by atoms with Crippen molar-refractivity contribution in [2.24, 2.45) is 29.6 Å². The van der Waals surface area contributed by atoms with Crippen molar-refractivity contribution in [2.75, 3.05) is 0 Å². The Morgan fingerprint density at radius 3 is 2.18 bits per heavy atom. The molecule has 60 valence electrons. The van der Waals surface area contributed by atoms with Crippen molar-refractivity contribution < 1.29 is 15.0 Å². The Hall–Kier alpha value is -0.570. The third-order valence-electron chi connectivity index (χ3n) is 3.83. The topological polar surface area (TPSA) is 57.5 Å². The van der Waals surface area contributed by atoms with Crippen LogP contribution in [0.4, 0.5) is 0 Å². The molecule has 4 aliphatic carbocycles. The lowest BCUT2D eigenvalue weighted by Gasteiger charge is -2.11. The first-order valence-electron chi connectivity index (χ1n) is 4.12. The molecule has 4 fully saturated rings. The summed E-state index contributed by atoms with van der Waals surface area (Å²) >= 11 is 0. The molecule has 3 nitrogen and oxygen atoms in total. The first-order chi connectivity index (χ1) is 5.22. The van der Waals surface area contributed by atoms with Crippen LogP contribution in [0.2, 0.25) is 0 Å². The molecule has 3 heteroatoms. The molecule has 6 unspecified atom stereocenters. The molecular formula is C8H10O3. The predicted octanol–water partition coefficient (Wildman–Crippen LogP) is -0.0562. The average molecular weight is 154 g/mol. The molecule has 0 radical (unpaired) electrons. The third-order valence-corrected chi connectivity index (χ3v) is 3.83. The van der Waals surface area contributed by atoms with Crippen LogP contribution in [0.25, 0.3) is 0 Å². The summed E-state index contributed by atoms with van der Waals surface area (Å²) in [5.41, 5.74) is 0. The smallest absolute Gasteiger partial charge is 0.307 e. The second-order valence-corrected chi connectivity index (χ2v) is 4.07. The molecule has 6 atom stereocenters. The molecule has 0 aromatic rings. The summed E-state index contributed by atoms with van der Waals surface area (Å²) in [6.07, 6.45) is 0.680. The van der Waals surface area contributed by atoms with Crippen LogP contribution >= 0.6 is 0 Å². The zero-order chi connectivity index (χ0) is 7.75. The SMILES string of the molecule is O=C(O)C1C2CC3C(C2O)C31. The molecule has 4 saturated carbocycles. The normalized spacial score (nSPS) is 63.4. The average Bonchev–Trinajstić information content (AvgIpc) is 2.33. The fourth-order valence-corrected chi connectivity index (χ4v) is 3.46. The van der Waals surface area contributed by atoms with Crippen LogP contribution in [0.1, 0.15) is 6.42 Å². The van der Waals surface area contributed by atoms with Crippen molar-refractivity contribution in [1.29, 1.82) is 0 Å². The highest BCUT2D eigenvalue weighted by molar-refractivity contribution is 5.73. The molecule has 4 bridgehead atoms. The number of aliphatic hydroxyl groups excluding tert-OH is 1. The van der Waals surface area contributed by atoms with Gasteiger partial charge < -0.3 is 10.2 Å². The summed E-state index contributed by atoms with van der Waals surface area (Å²) in [6.45, 7) is 0. The van der Waals surface area contributed by atoms with Crippen LogP contribution in [0, 0.1) is 29.6 Å². The van der Waals surface area contributed by atoms with Gasteiger partial charge in [0.15, 0.2) is 0 Å². The maximum Gasteiger partial charge on any atom is 0.307 e. The van der Waals surface area contributed by atoms with E-state index in [1.807, 2.05) is 0 Å². The van der Waals surface area contributed by atoms with E-state index in [4.69, 9.17) is 5.11 Å². The molecule has 11 heavy (non-hydrogen) atoms. The largest absolute Gasteiger partial charge is 0.481 e. The zero-order valence-electron chi connectivity index (χ0n) is 5.97. The Morgan fingerprint density at radius 2 is 2.00 bits per heavy atom. The molecule has 0 aromatic heterocycles. The fourth-order valence-electron chi connectivity index (χ4n) is 3.46. The van der Waals surface area contributed by atoms with Gasteiger partial charge in [0.05, 0.1) is 12.0 Å². The summed E-state index contributed by atoms with van der Waals surface area (Å²) in [6, 6.07) is 0. The van der Waals surface area contributed by atoms with E-state index in [2.05, 4.69) is 0 Å². The van der Waals surface area contributed by atoms with Crippen LogP contribution in [0.5, 0.6) is 0 Å². The third kappa shape index (κ3) is 0.466. The van der Waals surface area contributed by atoms with E-state index in [9.17, 15) is 9.90 Å². The second-order valence-electron chi connectivity index (χ2n) is 4.07. The Kier molecular flexibility index (Phi) is 0.796. The van der Waals surface area contributed by atoms with E-state index in [1.165, 1.54) is 0 Å². The van der Waals surface area contributed by atoms with E-state index in [0.29, 0.717) is 17.8 Å². The number of rotatable bonds is 1. The lowest BCUT2D eigenvalue weighted by molar-refractivity contribution is -0.143. The fraction of sp³-hybridized carbons (Fsp3) is 0.875. The lowest BCUT2D eigenvalue weighted by Crippen LogP contribution is -2.22. The van der Waals surface area contributed by atoms with Crippen LogP contribution in [-0.4, -0.2) is 22.3 Å². The van der Waals surface area contributed by atoms with Gasteiger partial charge in [-0.05, 0) is 30.1 Å². The monoisotopic (exact) mass is 154 g/mol. The van der Waals surface area contributed by atoms with E-state index < -0.39 is 5.97 Å². The summed E-state index contributed by atoms with van der Waals surface area (Å²) < 4.78 is 0. The van der Waals surface area contributed by atoms with Gasteiger partial charge in [0.1, 0.15) is 0 Å². The van der Waals surface area contributed by atoms with E-state index in [1.54, 1.807) is 0 Å². The molecule has 0 aliphatic heterocycles. The standard InChI is InChI=1S/C8H10O3/c9-7-3-1-2-4(5(2)7)6(3)8(10)11/h2-7,9H,1H2,(H,10,11). The van der Waals surface area contributed by atoms with Crippen molar-refractivity contribution in [3.05, 3.63) is 0 Å². The Labute approximate surface area is 64.0 Å². The van der Waals surface area contributed by atoms with Gasteiger partial charge in [-0.25, -0.2) is 0 Å². The maximum atomic E-state index is 10.7. The highest BCUT2D eigenvalue weighted by Gasteiger charge is 2.75. The minimum absolute atomic E-state index is 0.0903. The van der Waals surface area contributed by atoms with Gasteiger partial charge >= 0.3 is 5.97 Å². The summed E-state index contributed by atoms with van der Waals surface area (Å²) in [5, 5.41) is 18.3. The molecule has 4 rings (SSSR count). The maximum absolute atomic E-state index is 10.7. The van der Waals surface area contributed by atoms with Crippen molar-refractivity contribution in [3.63, 3.8) is 0 Å². The first-order valence-corrected chi connectivity index (χ1v) is 4.12. The Bertz CT molecular complexity index is 237. The number of carbonyl (C=O) groups is 1. The number of carboxylic acids is 1. The van der Waals surface area contributed by atoms with Gasteiger partial charge in [-0.2, -0.15) is 0 Å². The highest BCUT2D eigenvalue weighted by Crippen LogP contribution is 2.73. The highest BCUT2D eigenvalue weighted by atomic mass is 16.4. The van der Waals surface area contributed by atoms with Crippen LogP contribution in [0.3, 0.4) is 0 Å². The Morgan fingerprint density at radius 1 is 1.27 bits per heavy atom. The predicted molar refractivity (Wildman–Crippen MR) is 35.7 cm³/mol. The number of carboxylic acid groups (broad SMARTS) is 1. The van der Waals surface area contributed by atoms with E-state index in [-0.39, 0.29) is 17.9 Å². The van der Waals surface area contributed by atoms with Crippen molar-refractivity contribution in [2.45, 2.75) is 12.5 Å². The van der Waals surface area contributed by atoms with Crippen molar-refractivity contribution in [3.8, 4) is 0 Å². The molecule has 4 aliphatic rings. The van der Waals surface area contributed by atoms with Gasteiger partial charge in [-0.3, -0.25) is 4.79 Å². The first kappa shape index (κ1) is 6.00. The number of aliphatic hydroxyl groups is 1. The lowest BCUT2D eigenvalue weighted by atomic mass is 9.97. The molecule has 0 heterocycles. The van der Waals surface area contributed by atoms with Gasteiger partial charge in [-0.15, -0.1) is 0 Å². The molecular weight excluding hydrogens is 144 g/mol. The van der Waals surface area contributed by atoms with Gasteiger partial charge in [0.2, 0.25) is 0 Å². The summed E-state index contributed by atoms with van der Waals surface area (Å²) in [5.74, 6) is 0.457. The van der Waals surface area contributed by atoms with E-state index in [0.717, 1.165) is 6.42 Å². The van der Waals surface area contributed by atoms with Crippen molar-refractivity contribution >= 4 is 5.97 Å². The second kappa shape index (κ2) is 1.46. The summed E-state index contributed by atoms with van der Waals surface area (Å²) in [4.78, 5) is 10.7. The summed E-state index contributed by atoms with van der Waals surface area (Å²) in [7, 11) is 0. The minimum atomic E-state index is -0.693. The minimum Gasteiger partial charge on any atom is -0.481 e. The van der Waals surface area contributed by atoms with Crippen molar-refractivity contribution in [1.82, 2.24) is 0 Å². The molecule has 0 amide bonds. The number of hydrogen-bond acceptors (Lipinski definition) is 2. The van der Waals surface area contributed by atoms with Crippen LogP contribution in [0.15, 0.2) is 0 Å². The van der Waals surface area contributed by atoms with Gasteiger partial charge in [-0.1, -0.05) is 0 Å². The van der Waals surface area contributed by atoms with E-state index >= 15 is 0 Å². The number of hydrogen-bond donors (Lipinski definition) is 2. The van der Waals surface area contributed by atoms with Gasteiger partial charge in [0, 0.05) is 0 Å². The van der Waals surface area contributed by atoms with Gasteiger partial charge in [0.25, 0.3) is 0 Å². The van der Waals surface area contributed by atoms with Crippen LogP contribution in [-0.2, 0) is 4.79 Å². The molecule has 2 N–H and O–H groups in total. The molecule has 0 spiro atoms. The molecule has 0 saturated heterocycles. The number of aliphatic carboxylic acids is 1. The van der Waals surface area contributed by atoms with Crippen LogP contribution < -0.4 is 0 Å². The quantitative estimate of drug-likeness (QED) is 0.556. The molecule has 0 aromatic carbocycles.